The molecular weight excluding hydrogens is 550 g/mol. The molecule has 9 heteroatoms. The number of likely N-dealkylation sites (tertiary alicyclic amines) is 1. The van der Waals surface area contributed by atoms with E-state index in [1.807, 2.05) is 56.9 Å². The first-order valence-corrected chi connectivity index (χ1v) is 15.9. The van der Waals surface area contributed by atoms with Crippen LogP contribution in [0.25, 0.3) is 0 Å². The fourth-order valence-electron chi connectivity index (χ4n) is 7.20. The zero-order valence-electron chi connectivity index (χ0n) is 25.8. The first kappa shape index (κ1) is 32.1. The lowest BCUT2D eigenvalue weighted by Gasteiger charge is -2.42. The van der Waals surface area contributed by atoms with Gasteiger partial charge >= 0.3 is 0 Å². The molecule has 3 amide bonds. The minimum atomic E-state index is -0.703. The number of anilines is 1. The van der Waals surface area contributed by atoms with Crippen molar-refractivity contribution in [1.82, 2.24) is 9.80 Å². The van der Waals surface area contributed by atoms with Gasteiger partial charge in [0.2, 0.25) is 17.7 Å². The van der Waals surface area contributed by atoms with E-state index in [9.17, 15) is 19.5 Å². The van der Waals surface area contributed by atoms with Crippen molar-refractivity contribution >= 4 is 35.2 Å². The Hall–Kier alpha value is -2.78. The molecule has 3 heterocycles. The molecule has 3 fully saturated rings. The summed E-state index contributed by atoms with van der Waals surface area (Å²) in [5, 5.41) is 9.47. The van der Waals surface area contributed by atoms with Crippen LogP contribution >= 0.6 is 11.8 Å². The standard InChI is InChI=1S/C33H47N3O5S/c1-8-19-34(23-13-15-24(16-14-23)41-10-3)28(38)25-26-29(39)35(21-11-12-22-37)27(33(26)18-17-32(25,7)42-33)30(40)36(20-9-2)31(4,5)6/h8-9,13-16,25-27,37H,1-2,10-12,17-22H2,3-7H3/t25-,26-,27?,32+,33?/m0/s1. The largest absolute Gasteiger partial charge is 0.494 e. The Kier molecular flexibility index (Phi) is 9.53. The number of fused-ring (bicyclic) bond motifs is 1. The van der Waals surface area contributed by atoms with Crippen molar-refractivity contribution in [1.29, 1.82) is 0 Å². The van der Waals surface area contributed by atoms with Crippen molar-refractivity contribution in [3.63, 3.8) is 0 Å². The summed E-state index contributed by atoms with van der Waals surface area (Å²) in [6.45, 7) is 19.4. The quantitative estimate of drug-likeness (QED) is 0.263. The van der Waals surface area contributed by atoms with Gasteiger partial charge in [0.1, 0.15) is 11.8 Å². The smallest absolute Gasteiger partial charge is 0.247 e. The second-order valence-corrected chi connectivity index (χ2v) is 14.7. The number of rotatable bonds is 13. The second kappa shape index (κ2) is 12.4. The van der Waals surface area contributed by atoms with Gasteiger partial charge in [0.15, 0.2) is 0 Å². The van der Waals surface area contributed by atoms with E-state index < -0.39 is 32.9 Å². The highest BCUT2D eigenvalue weighted by Crippen LogP contribution is 2.71. The molecule has 0 radical (unpaired) electrons. The maximum Gasteiger partial charge on any atom is 0.247 e. The van der Waals surface area contributed by atoms with Crippen LogP contribution < -0.4 is 9.64 Å². The van der Waals surface area contributed by atoms with Crippen LogP contribution in [0, 0.1) is 11.8 Å². The minimum absolute atomic E-state index is 0.0202. The number of carbonyl (C=O) groups is 3. The topological polar surface area (TPSA) is 90.4 Å². The monoisotopic (exact) mass is 597 g/mol. The molecule has 1 N–H and O–H groups in total. The summed E-state index contributed by atoms with van der Waals surface area (Å²) in [7, 11) is 0. The molecule has 2 unspecified atom stereocenters. The van der Waals surface area contributed by atoms with Crippen molar-refractivity contribution in [2.45, 2.75) is 81.4 Å². The summed E-state index contributed by atoms with van der Waals surface area (Å²) in [6.07, 6.45) is 5.98. The van der Waals surface area contributed by atoms with E-state index in [0.29, 0.717) is 45.5 Å². The van der Waals surface area contributed by atoms with Gasteiger partial charge in [-0.2, -0.15) is 0 Å². The normalized spacial score (nSPS) is 28.0. The lowest BCUT2D eigenvalue weighted by Crippen LogP contribution is -2.59. The highest BCUT2D eigenvalue weighted by Gasteiger charge is 2.77. The number of hydrogen-bond acceptors (Lipinski definition) is 6. The average Bonchev–Trinajstić information content (AvgIpc) is 3.50. The number of hydrogen-bond donors (Lipinski definition) is 1. The molecule has 3 aliphatic rings. The van der Waals surface area contributed by atoms with Gasteiger partial charge < -0.3 is 24.5 Å². The van der Waals surface area contributed by atoms with Gasteiger partial charge in [0.05, 0.1) is 23.2 Å². The Morgan fingerprint density at radius 1 is 1.12 bits per heavy atom. The summed E-state index contributed by atoms with van der Waals surface area (Å²) in [5.74, 6) is -0.813. The Labute approximate surface area is 255 Å². The van der Waals surface area contributed by atoms with Crippen LogP contribution in [-0.2, 0) is 14.4 Å². The van der Waals surface area contributed by atoms with Gasteiger partial charge in [-0.05, 0) is 84.6 Å². The molecule has 0 aromatic heterocycles. The average molecular weight is 598 g/mol. The molecular formula is C33H47N3O5S. The van der Waals surface area contributed by atoms with Gasteiger partial charge in [-0.15, -0.1) is 24.9 Å². The van der Waals surface area contributed by atoms with E-state index in [1.165, 1.54) is 0 Å². The number of unbranched alkanes of at least 4 members (excludes halogenated alkanes) is 1. The Bertz CT molecular complexity index is 1200. The summed E-state index contributed by atoms with van der Waals surface area (Å²) in [6, 6.07) is 6.74. The zero-order valence-corrected chi connectivity index (χ0v) is 26.6. The minimum Gasteiger partial charge on any atom is -0.494 e. The Balaban J connectivity index is 1.77. The number of ether oxygens (including phenoxy) is 1. The Morgan fingerprint density at radius 3 is 2.36 bits per heavy atom. The summed E-state index contributed by atoms with van der Waals surface area (Å²) in [4.78, 5) is 48.8. The number of carbonyl (C=O) groups excluding carboxylic acids is 3. The number of aliphatic hydroxyl groups excluding tert-OH is 1. The van der Waals surface area contributed by atoms with Gasteiger partial charge in [-0.1, -0.05) is 12.2 Å². The molecule has 1 spiro atoms. The van der Waals surface area contributed by atoms with Crippen molar-refractivity contribution in [3.05, 3.63) is 49.6 Å². The molecule has 2 bridgehead atoms. The van der Waals surface area contributed by atoms with Crippen LogP contribution in [0.1, 0.15) is 60.3 Å². The number of amides is 3. The lowest BCUT2D eigenvalue weighted by atomic mass is 9.66. The van der Waals surface area contributed by atoms with E-state index >= 15 is 0 Å². The van der Waals surface area contributed by atoms with Crippen LogP contribution in [-0.4, -0.2) is 86.6 Å². The highest BCUT2D eigenvalue weighted by molar-refractivity contribution is 8.02. The molecule has 0 saturated carbocycles. The third-order valence-corrected chi connectivity index (χ3v) is 11.0. The van der Waals surface area contributed by atoms with Gasteiger partial charge in [-0.25, -0.2) is 0 Å². The summed E-state index contributed by atoms with van der Waals surface area (Å²) >= 11 is 1.68. The van der Waals surface area contributed by atoms with Crippen LogP contribution in [0.2, 0.25) is 0 Å². The fraction of sp³-hybridized carbons (Fsp3) is 0.606. The predicted octanol–water partition coefficient (Wildman–Crippen LogP) is 4.67. The van der Waals surface area contributed by atoms with Crippen molar-refractivity contribution in [2.75, 3.05) is 37.7 Å². The van der Waals surface area contributed by atoms with Crippen molar-refractivity contribution < 1.29 is 24.2 Å². The van der Waals surface area contributed by atoms with E-state index in [4.69, 9.17) is 4.74 Å². The van der Waals surface area contributed by atoms with Gasteiger partial charge in [0, 0.05) is 42.2 Å². The predicted molar refractivity (Wildman–Crippen MR) is 169 cm³/mol. The second-order valence-electron chi connectivity index (χ2n) is 12.8. The molecule has 230 valence electrons. The molecule has 42 heavy (non-hydrogen) atoms. The molecule has 1 aromatic rings. The maximum absolute atomic E-state index is 14.6. The first-order chi connectivity index (χ1) is 19.9. The number of thioether (sulfide) groups is 1. The van der Waals surface area contributed by atoms with E-state index in [1.54, 1.807) is 33.7 Å². The molecule has 0 aliphatic carbocycles. The van der Waals surface area contributed by atoms with Crippen LogP contribution in [0.5, 0.6) is 5.75 Å². The summed E-state index contributed by atoms with van der Waals surface area (Å²) in [5.41, 5.74) is 0.241. The third-order valence-electron chi connectivity index (χ3n) is 9.01. The van der Waals surface area contributed by atoms with Gasteiger partial charge in [-0.3, -0.25) is 14.4 Å². The van der Waals surface area contributed by atoms with E-state index in [-0.39, 0.29) is 24.3 Å². The summed E-state index contributed by atoms with van der Waals surface area (Å²) < 4.78 is 4.41. The molecule has 5 atom stereocenters. The van der Waals surface area contributed by atoms with Crippen LogP contribution in [0.4, 0.5) is 5.69 Å². The molecule has 3 saturated heterocycles. The number of aliphatic hydroxyl groups is 1. The Morgan fingerprint density at radius 2 is 1.79 bits per heavy atom. The van der Waals surface area contributed by atoms with E-state index in [0.717, 1.165) is 17.9 Å². The zero-order chi connectivity index (χ0) is 30.9. The maximum atomic E-state index is 14.6. The molecule has 1 aromatic carbocycles. The molecule has 8 nitrogen and oxygen atoms in total. The van der Waals surface area contributed by atoms with Crippen LogP contribution in [0.15, 0.2) is 49.6 Å². The SMILES string of the molecule is C=CCN(C(=O)[C@@H]1[C@H]2C(=O)N(CCCCO)C(C(=O)N(CC=C)C(C)(C)C)C23CC[C@@]1(C)S3)c1ccc(OCC)cc1. The van der Waals surface area contributed by atoms with E-state index in [2.05, 4.69) is 20.1 Å². The number of nitrogens with zero attached hydrogens (tertiary/aromatic N) is 3. The number of benzene rings is 1. The van der Waals surface area contributed by atoms with Gasteiger partial charge in [0.25, 0.3) is 0 Å². The fourth-order valence-corrected chi connectivity index (χ4v) is 9.54. The molecule has 4 rings (SSSR count). The highest BCUT2D eigenvalue weighted by atomic mass is 32.2. The van der Waals surface area contributed by atoms with Crippen LogP contribution in [0.3, 0.4) is 0 Å². The lowest BCUT2D eigenvalue weighted by molar-refractivity contribution is -0.145. The third kappa shape index (κ3) is 5.50. The molecule has 3 aliphatic heterocycles. The van der Waals surface area contributed by atoms with Crippen molar-refractivity contribution in [2.24, 2.45) is 11.8 Å². The van der Waals surface area contributed by atoms with Crippen molar-refractivity contribution in [3.8, 4) is 5.75 Å². The first-order valence-electron chi connectivity index (χ1n) is 15.1.